The number of nitrogens with one attached hydrogen (secondary N) is 1. The number of hydrogen-bond donors (Lipinski definition) is 1. The lowest BCUT2D eigenvalue weighted by Crippen LogP contribution is -2.03. The first-order chi connectivity index (χ1) is 9.33. The number of rotatable bonds is 3. The number of aromatic nitrogens is 2. The molecule has 3 nitrogen and oxygen atoms in total. The Balaban J connectivity index is 1.80. The van der Waals surface area contributed by atoms with Gasteiger partial charge >= 0.3 is 0 Å². The first-order valence-electron chi connectivity index (χ1n) is 6.33. The second-order valence-corrected chi connectivity index (χ2v) is 4.52. The van der Waals surface area contributed by atoms with E-state index in [1.807, 2.05) is 24.3 Å². The molecule has 0 aliphatic heterocycles. The molecule has 0 unspecified atom stereocenters. The van der Waals surface area contributed by atoms with Crippen LogP contribution in [-0.4, -0.2) is 9.97 Å². The van der Waals surface area contributed by atoms with E-state index < -0.39 is 0 Å². The normalized spacial score (nSPS) is 10.6. The van der Waals surface area contributed by atoms with Gasteiger partial charge in [0.1, 0.15) is 5.82 Å². The SMILES string of the molecule is Cc1ccccc1CNc1cnc2ccccc2n1. The van der Waals surface area contributed by atoms with Crippen molar-refractivity contribution in [2.45, 2.75) is 13.5 Å². The summed E-state index contributed by atoms with van der Waals surface area (Å²) in [5.74, 6) is 0.807. The summed E-state index contributed by atoms with van der Waals surface area (Å²) in [7, 11) is 0. The van der Waals surface area contributed by atoms with Crippen LogP contribution >= 0.6 is 0 Å². The third kappa shape index (κ3) is 2.55. The number of anilines is 1. The summed E-state index contributed by atoms with van der Waals surface area (Å²) in [4.78, 5) is 8.94. The minimum atomic E-state index is 0.764. The summed E-state index contributed by atoms with van der Waals surface area (Å²) in [6, 6.07) is 16.2. The number of benzene rings is 2. The lowest BCUT2D eigenvalue weighted by molar-refractivity contribution is 1.09. The molecule has 0 saturated heterocycles. The van der Waals surface area contributed by atoms with Crippen molar-refractivity contribution in [3.63, 3.8) is 0 Å². The predicted molar refractivity (Wildman–Crippen MR) is 78.0 cm³/mol. The van der Waals surface area contributed by atoms with Crippen molar-refractivity contribution < 1.29 is 0 Å². The number of hydrogen-bond acceptors (Lipinski definition) is 3. The largest absolute Gasteiger partial charge is 0.365 e. The van der Waals surface area contributed by atoms with Crippen LogP contribution in [0.1, 0.15) is 11.1 Å². The maximum atomic E-state index is 4.55. The fraction of sp³-hybridized carbons (Fsp3) is 0.125. The Morgan fingerprint density at radius 2 is 1.68 bits per heavy atom. The van der Waals surface area contributed by atoms with E-state index in [1.54, 1.807) is 6.20 Å². The van der Waals surface area contributed by atoms with Gasteiger partial charge in [0, 0.05) is 6.54 Å². The van der Waals surface area contributed by atoms with Crippen molar-refractivity contribution in [2.75, 3.05) is 5.32 Å². The average molecular weight is 249 g/mol. The number of fused-ring (bicyclic) bond motifs is 1. The van der Waals surface area contributed by atoms with Gasteiger partial charge in [0.25, 0.3) is 0 Å². The van der Waals surface area contributed by atoms with Crippen molar-refractivity contribution >= 4 is 16.9 Å². The molecule has 1 N–H and O–H groups in total. The summed E-state index contributed by atoms with van der Waals surface area (Å²) in [5, 5.41) is 3.32. The van der Waals surface area contributed by atoms with Crippen molar-refractivity contribution in [3.05, 3.63) is 65.9 Å². The van der Waals surface area contributed by atoms with Crippen LogP contribution < -0.4 is 5.32 Å². The number of para-hydroxylation sites is 2. The van der Waals surface area contributed by atoms with Crippen molar-refractivity contribution in [1.29, 1.82) is 0 Å². The summed E-state index contributed by atoms with van der Waals surface area (Å²) in [6.07, 6.45) is 1.78. The van der Waals surface area contributed by atoms with E-state index in [9.17, 15) is 0 Å². The van der Waals surface area contributed by atoms with Gasteiger partial charge in [-0.05, 0) is 30.2 Å². The molecule has 0 fully saturated rings. The highest BCUT2D eigenvalue weighted by molar-refractivity contribution is 5.75. The molecule has 0 atom stereocenters. The summed E-state index contributed by atoms with van der Waals surface area (Å²) >= 11 is 0. The number of aryl methyl sites for hydroxylation is 1. The van der Waals surface area contributed by atoms with Crippen LogP contribution in [0.2, 0.25) is 0 Å². The van der Waals surface area contributed by atoms with Crippen LogP contribution in [0, 0.1) is 6.92 Å². The first-order valence-corrected chi connectivity index (χ1v) is 6.33. The molecule has 3 aromatic rings. The molecule has 0 saturated carbocycles. The van der Waals surface area contributed by atoms with Gasteiger partial charge in [-0.25, -0.2) is 4.98 Å². The van der Waals surface area contributed by atoms with Gasteiger partial charge in [-0.1, -0.05) is 36.4 Å². The predicted octanol–water partition coefficient (Wildman–Crippen LogP) is 3.55. The smallest absolute Gasteiger partial charge is 0.145 e. The molecule has 0 amide bonds. The van der Waals surface area contributed by atoms with E-state index in [0.29, 0.717) is 0 Å². The Morgan fingerprint density at radius 3 is 2.53 bits per heavy atom. The molecule has 0 bridgehead atoms. The van der Waals surface area contributed by atoms with Gasteiger partial charge in [0.15, 0.2) is 0 Å². The Morgan fingerprint density at radius 1 is 0.947 bits per heavy atom. The molecule has 0 spiro atoms. The molecule has 0 radical (unpaired) electrons. The van der Waals surface area contributed by atoms with Gasteiger partial charge in [-0.3, -0.25) is 4.98 Å². The summed E-state index contributed by atoms with van der Waals surface area (Å²) < 4.78 is 0. The van der Waals surface area contributed by atoms with Crippen LogP contribution in [0.4, 0.5) is 5.82 Å². The Hall–Kier alpha value is -2.42. The van der Waals surface area contributed by atoms with Crippen LogP contribution in [0.5, 0.6) is 0 Å². The highest BCUT2D eigenvalue weighted by atomic mass is 15.0. The quantitative estimate of drug-likeness (QED) is 0.771. The van der Waals surface area contributed by atoms with E-state index in [-0.39, 0.29) is 0 Å². The lowest BCUT2D eigenvalue weighted by Gasteiger charge is -2.08. The third-order valence-electron chi connectivity index (χ3n) is 3.17. The van der Waals surface area contributed by atoms with E-state index in [2.05, 4.69) is 46.5 Å². The molecule has 0 aliphatic carbocycles. The lowest BCUT2D eigenvalue weighted by atomic mass is 10.1. The molecule has 1 heterocycles. The van der Waals surface area contributed by atoms with E-state index in [0.717, 1.165) is 23.4 Å². The van der Waals surface area contributed by atoms with Crippen molar-refractivity contribution in [3.8, 4) is 0 Å². The zero-order chi connectivity index (χ0) is 13.1. The van der Waals surface area contributed by atoms with Crippen molar-refractivity contribution in [2.24, 2.45) is 0 Å². The van der Waals surface area contributed by atoms with Crippen LogP contribution in [0.3, 0.4) is 0 Å². The van der Waals surface area contributed by atoms with Crippen LogP contribution in [-0.2, 0) is 6.54 Å². The Kier molecular flexibility index (Phi) is 3.11. The highest BCUT2D eigenvalue weighted by Gasteiger charge is 2.00. The fourth-order valence-electron chi connectivity index (χ4n) is 2.04. The Labute approximate surface area is 112 Å². The van der Waals surface area contributed by atoms with Gasteiger partial charge < -0.3 is 5.32 Å². The van der Waals surface area contributed by atoms with Crippen LogP contribution in [0.15, 0.2) is 54.7 Å². The molecular weight excluding hydrogens is 234 g/mol. The van der Waals surface area contributed by atoms with Gasteiger partial charge in [-0.2, -0.15) is 0 Å². The zero-order valence-electron chi connectivity index (χ0n) is 10.8. The minimum absolute atomic E-state index is 0.764. The highest BCUT2D eigenvalue weighted by Crippen LogP contribution is 2.13. The summed E-state index contributed by atoms with van der Waals surface area (Å²) in [6.45, 7) is 2.88. The van der Waals surface area contributed by atoms with E-state index >= 15 is 0 Å². The maximum absolute atomic E-state index is 4.55. The van der Waals surface area contributed by atoms with E-state index in [1.165, 1.54) is 11.1 Å². The minimum Gasteiger partial charge on any atom is -0.365 e. The van der Waals surface area contributed by atoms with Gasteiger partial charge in [0.05, 0.1) is 17.2 Å². The average Bonchev–Trinajstić information content (AvgIpc) is 2.46. The zero-order valence-corrected chi connectivity index (χ0v) is 10.8. The van der Waals surface area contributed by atoms with Crippen LogP contribution in [0.25, 0.3) is 11.0 Å². The monoisotopic (exact) mass is 249 g/mol. The Bertz CT molecular complexity index is 707. The van der Waals surface area contributed by atoms with Gasteiger partial charge in [0.2, 0.25) is 0 Å². The molecule has 3 heteroatoms. The molecule has 0 aliphatic rings. The molecule has 19 heavy (non-hydrogen) atoms. The molecular formula is C16H15N3. The summed E-state index contributed by atoms with van der Waals surface area (Å²) in [5.41, 5.74) is 4.39. The second-order valence-electron chi connectivity index (χ2n) is 4.52. The van der Waals surface area contributed by atoms with Crippen molar-refractivity contribution in [1.82, 2.24) is 9.97 Å². The molecule has 3 rings (SSSR count). The second kappa shape index (κ2) is 5.06. The maximum Gasteiger partial charge on any atom is 0.145 e. The molecule has 1 aromatic heterocycles. The molecule has 94 valence electrons. The fourth-order valence-corrected chi connectivity index (χ4v) is 2.04. The van der Waals surface area contributed by atoms with Gasteiger partial charge in [-0.15, -0.1) is 0 Å². The topological polar surface area (TPSA) is 37.8 Å². The number of nitrogens with zero attached hydrogens (tertiary/aromatic N) is 2. The third-order valence-corrected chi connectivity index (χ3v) is 3.17. The van der Waals surface area contributed by atoms with E-state index in [4.69, 9.17) is 0 Å². The standard InChI is InChI=1S/C16H15N3/c1-12-6-2-3-7-13(12)10-18-16-11-17-14-8-4-5-9-15(14)19-16/h2-9,11H,10H2,1H3,(H,18,19). The first kappa shape index (κ1) is 11.7. The molecule has 2 aromatic carbocycles.